The average molecular weight is 538 g/mol. The van der Waals surface area contributed by atoms with E-state index in [0.717, 1.165) is 11.3 Å². The van der Waals surface area contributed by atoms with E-state index in [1.165, 1.54) is 6.92 Å². The van der Waals surface area contributed by atoms with E-state index < -0.39 is 35.8 Å². The van der Waals surface area contributed by atoms with Crippen molar-refractivity contribution in [3.05, 3.63) is 69.8 Å². The van der Waals surface area contributed by atoms with E-state index >= 15 is 0 Å². The second kappa shape index (κ2) is 12.7. The highest BCUT2D eigenvalue weighted by Crippen LogP contribution is 2.20. The first kappa shape index (κ1) is 28.8. The number of nitrogens with zero attached hydrogens (tertiary/aromatic N) is 2. The molecule has 12 heteroatoms. The highest BCUT2D eigenvalue weighted by Gasteiger charge is 2.23. The zero-order chi connectivity index (χ0) is 28.7. The van der Waals surface area contributed by atoms with Crippen LogP contribution in [0.1, 0.15) is 48.4 Å². The van der Waals surface area contributed by atoms with Gasteiger partial charge in [-0.05, 0) is 69.2 Å². The fourth-order valence-electron chi connectivity index (χ4n) is 3.98. The molecule has 0 aliphatic heterocycles. The number of fused-ring (bicyclic) bond motifs is 1. The number of carboxylic acid groups (broad SMARTS) is 2. The maximum Gasteiger partial charge on any atom is 0.326 e. The summed E-state index contributed by atoms with van der Waals surface area (Å²) in [5, 5.41) is 23.5. The fraction of sp³-hybridized carbons (Fsp3) is 0.333. The monoisotopic (exact) mass is 537 g/mol. The van der Waals surface area contributed by atoms with E-state index in [4.69, 9.17) is 5.11 Å². The van der Waals surface area contributed by atoms with Crippen molar-refractivity contribution < 1.29 is 29.4 Å². The summed E-state index contributed by atoms with van der Waals surface area (Å²) in [5.74, 6) is -3.22. The molecule has 2 atom stereocenters. The van der Waals surface area contributed by atoms with Crippen molar-refractivity contribution in [3.63, 3.8) is 0 Å². The third-order valence-corrected chi connectivity index (χ3v) is 6.15. The van der Waals surface area contributed by atoms with Gasteiger partial charge in [-0.1, -0.05) is 6.07 Å². The first-order valence-corrected chi connectivity index (χ1v) is 12.4. The molecule has 2 amide bonds. The molecule has 1 aromatic heterocycles. The molecule has 0 aliphatic carbocycles. The van der Waals surface area contributed by atoms with E-state index in [2.05, 4.69) is 25.5 Å². The summed E-state index contributed by atoms with van der Waals surface area (Å²) in [6, 6.07) is 9.72. The molecule has 0 radical (unpaired) electrons. The van der Waals surface area contributed by atoms with E-state index in [1.54, 1.807) is 37.3 Å². The van der Waals surface area contributed by atoms with Crippen LogP contribution in [0.5, 0.6) is 0 Å². The van der Waals surface area contributed by atoms with Gasteiger partial charge in [0.15, 0.2) is 0 Å². The summed E-state index contributed by atoms with van der Waals surface area (Å²) >= 11 is 0. The number of nitrogens with one attached hydrogen (secondary N) is 3. The molecule has 0 fully saturated rings. The van der Waals surface area contributed by atoms with E-state index in [-0.39, 0.29) is 24.0 Å². The molecule has 0 unspecified atom stereocenters. The number of hydrogen-bond acceptors (Lipinski definition) is 7. The summed E-state index contributed by atoms with van der Waals surface area (Å²) in [6.45, 7) is 6.15. The number of aliphatic carboxylic acids is 2. The van der Waals surface area contributed by atoms with Gasteiger partial charge < -0.3 is 30.7 Å². The molecule has 0 saturated heterocycles. The van der Waals surface area contributed by atoms with Crippen molar-refractivity contribution in [1.29, 1.82) is 0 Å². The van der Waals surface area contributed by atoms with Gasteiger partial charge in [0.05, 0.1) is 10.9 Å². The number of hydrogen-bond donors (Lipinski definition) is 5. The number of carbonyl (C=O) groups is 4. The lowest BCUT2D eigenvalue weighted by molar-refractivity contribution is -0.142. The van der Waals surface area contributed by atoms with Crippen LogP contribution in [0, 0.1) is 6.92 Å². The van der Waals surface area contributed by atoms with Crippen molar-refractivity contribution >= 4 is 40.3 Å². The number of aromatic nitrogens is 2. The Morgan fingerprint density at radius 3 is 2.33 bits per heavy atom. The minimum Gasteiger partial charge on any atom is -0.480 e. The minimum absolute atomic E-state index is 0.201. The predicted octanol–water partition coefficient (Wildman–Crippen LogP) is 1.81. The van der Waals surface area contributed by atoms with Gasteiger partial charge in [-0.2, -0.15) is 0 Å². The Morgan fingerprint density at radius 2 is 1.72 bits per heavy atom. The van der Waals surface area contributed by atoms with Gasteiger partial charge in [0.1, 0.15) is 17.9 Å². The van der Waals surface area contributed by atoms with Crippen molar-refractivity contribution in [2.24, 2.45) is 0 Å². The Kier molecular flexibility index (Phi) is 9.37. The molecule has 0 spiro atoms. The molecule has 1 heterocycles. The lowest BCUT2D eigenvalue weighted by Gasteiger charge is -2.24. The van der Waals surface area contributed by atoms with E-state index in [1.807, 2.05) is 19.1 Å². The number of anilines is 1. The molecule has 3 aromatic rings. The fourth-order valence-corrected chi connectivity index (χ4v) is 3.98. The zero-order valence-corrected chi connectivity index (χ0v) is 21.9. The topological polar surface area (TPSA) is 182 Å². The average Bonchev–Trinajstić information content (AvgIpc) is 2.89. The molecule has 0 bridgehead atoms. The van der Waals surface area contributed by atoms with Crippen LogP contribution in [-0.2, 0) is 20.9 Å². The van der Waals surface area contributed by atoms with Gasteiger partial charge in [0.25, 0.3) is 11.5 Å². The lowest BCUT2D eigenvalue weighted by Crippen LogP contribution is -2.43. The van der Waals surface area contributed by atoms with Crippen molar-refractivity contribution in [3.8, 4) is 0 Å². The first-order valence-electron chi connectivity index (χ1n) is 12.4. The van der Waals surface area contributed by atoms with Gasteiger partial charge in [-0.3, -0.25) is 19.2 Å². The smallest absolute Gasteiger partial charge is 0.326 e. The summed E-state index contributed by atoms with van der Waals surface area (Å²) in [4.78, 5) is 68.5. The number of carbonyl (C=O) groups excluding carboxylic acids is 2. The van der Waals surface area contributed by atoms with Crippen molar-refractivity contribution in [1.82, 2.24) is 20.6 Å². The number of carboxylic acids is 2. The van der Waals surface area contributed by atoms with E-state index in [9.17, 15) is 29.1 Å². The van der Waals surface area contributed by atoms with Gasteiger partial charge in [0, 0.05) is 30.8 Å². The Balaban J connectivity index is 1.65. The van der Waals surface area contributed by atoms with Crippen molar-refractivity contribution in [2.45, 2.75) is 52.2 Å². The third kappa shape index (κ3) is 7.63. The third-order valence-electron chi connectivity index (χ3n) is 6.15. The second-order valence-corrected chi connectivity index (χ2v) is 9.09. The summed E-state index contributed by atoms with van der Waals surface area (Å²) < 4.78 is 0. The number of H-pyrrole nitrogens is 1. The lowest BCUT2D eigenvalue weighted by atomic mass is 10.1. The van der Waals surface area contributed by atoms with Crippen molar-refractivity contribution in [2.75, 3.05) is 11.4 Å². The van der Waals surface area contributed by atoms with Gasteiger partial charge in [-0.25, -0.2) is 9.78 Å². The molecular formula is C27H31N5O7. The molecule has 0 aliphatic rings. The number of benzene rings is 2. The van der Waals surface area contributed by atoms with Crippen LogP contribution in [0.4, 0.5) is 5.69 Å². The Hall–Kier alpha value is -4.74. The molecule has 3 rings (SSSR count). The zero-order valence-electron chi connectivity index (χ0n) is 21.9. The Morgan fingerprint density at radius 1 is 1.03 bits per heavy atom. The number of amides is 2. The summed E-state index contributed by atoms with van der Waals surface area (Å²) in [6.07, 6.45) is -0.472. The van der Waals surface area contributed by atoms with Gasteiger partial charge in [-0.15, -0.1) is 0 Å². The molecular weight excluding hydrogens is 506 g/mol. The SMILES string of the molecule is CCN(Cc1ccc2nc(C)[nH]c(=O)c2c1)c1ccc(C(=O)N[C@H](CCC(=O)N[C@H](C)C(=O)O)C(=O)O)cc1. The normalized spacial score (nSPS) is 12.4. The Labute approximate surface area is 224 Å². The van der Waals surface area contributed by atoms with Crippen LogP contribution >= 0.6 is 0 Å². The molecule has 5 N–H and O–H groups in total. The molecule has 206 valence electrons. The molecule has 2 aromatic carbocycles. The predicted molar refractivity (Wildman–Crippen MR) is 144 cm³/mol. The standard InChI is InChI=1S/C27H31N5O7/c1-4-32(14-17-5-10-21-20(13-17)25(35)30-16(3)29-21)19-8-6-18(7-9-19)24(34)31-22(27(38)39)11-12-23(33)28-15(2)26(36)37/h5-10,13,15,22H,4,11-12,14H2,1-3H3,(H,28,33)(H,31,34)(H,36,37)(H,38,39)(H,29,30,35)/t15-,22-/m1/s1. The number of aromatic amines is 1. The summed E-state index contributed by atoms with van der Waals surface area (Å²) in [7, 11) is 0. The van der Waals surface area contributed by atoms with Gasteiger partial charge >= 0.3 is 11.9 Å². The quantitative estimate of drug-likeness (QED) is 0.230. The molecule has 12 nitrogen and oxygen atoms in total. The second-order valence-electron chi connectivity index (χ2n) is 9.09. The van der Waals surface area contributed by atoms with Crippen LogP contribution in [-0.4, -0.2) is 62.6 Å². The summed E-state index contributed by atoms with van der Waals surface area (Å²) in [5.41, 5.74) is 2.39. The van der Waals surface area contributed by atoms with Gasteiger partial charge in [0.2, 0.25) is 5.91 Å². The number of rotatable bonds is 12. The molecule has 39 heavy (non-hydrogen) atoms. The molecule has 0 saturated carbocycles. The maximum absolute atomic E-state index is 12.7. The maximum atomic E-state index is 12.7. The van der Waals surface area contributed by atoms with Crippen LogP contribution in [0.2, 0.25) is 0 Å². The van der Waals surface area contributed by atoms with Crippen LogP contribution < -0.4 is 21.1 Å². The highest BCUT2D eigenvalue weighted by atomic mass is 16.4. The van der Waals surface area contributed by atoms with Crippen LogP contribution in [0.3, 0.4) is 0 Å². The first-order chi connectivity index (χ1) is 18.5. The van der Waals surface area contributed by atoms with E-state index in [0.29, 0.717) is 29.8 Å². The largest absolute Gasteiger partial charge is 0.480 e. The van der Waals surface area contributed by atoms with Crippen LogP contribution in [0.25, 0.3) is 10.9 Å². The minimum atomic E-state index is -1.33. The highest BCUT2D eigenvalue weighted by molar-refractivity contribution is 5.97. The Bertz CT molecular complexity index is 1430. The van der Waals surface area contributed by atoms with Crippen LogP contribution in [0.15, 0.2) is 47.3 Å². The number of aryl methyl sites for hydroxylation is 1.